The number of esters is 1. The maximum absolute atomic E-state index is 11.6. The largest absolute Gasteiger partial charge is 0.465 e. The number of hydrazine groups is 1. The predicted octanol–water partition coefficient (Wildman–Crippen LogP) is -0.701. The first-order valence-electron chi connectivity index (χ1n) is 5.14. The lowest BCUT2D eigenvalue weighted by Gasteiger charge is -2.06. The average molecular weight is 262 g/mol. The Labute approximate surface area is 106 Å². The quantitative estimate of drug-likeness (QED) is 0.375. The molecule has 98 valence electrons. The first kappa shape index (κ1) is 12.6. The molecule has 0 aromatic carbocycles. The van der Waals surface area contributed by atoms with Crippen molar-refractivity contribution in [1.82, 2.24) is 19.9 Å². The zero-order valence-corrected chi connectivity index (χ0v) is 9.88. The number of carbonyl (C=O) groups is 1. The van der Waals surface area contributed by atoms with Crippen LogP contribution in [0.3, 0.4) is 0 Å². The Balaban J connectivity index is 2.62. The monoisotopic (exact) mass is 262 g/mol. The van der Waals surface area contributed by atoms with Gasteiger partial charge in [0.25, 0.3) is 0 Å². The molecule has 0 radical (unpaired) electrons. The number of aromatic nitrogens is 4. The van der Waals surface area contributed by atoms with Gasteiger partial charge in [0, 0.05) is 6.20 Å². The number of anilines is 1. The number of aromatic amines is 1. The molecule has 0 aliphatic heterocycles. The maximum atomic E-state index is 11.6. The molecule has 9 nitrogen and oxygen atoms in total. The molecule has 0 bridgehead atoms. The average Bonchev–Trinajstić information content (AvgIpc) is 2.45. The fraction of sp³-hybridized carbons (Fsp3) is 0.100. The van der Waals surface area contributed by atoms with E-state index < -0.39 is 11.7 Å². The second-order valence-corrected chi connectivity index (χ2v) is 3.36. The van der Waals surface area contributed by atoms with Gasteiger partial charge in [-0.1, -0.05) is 0 Å². The number of ether oxygens (including phenoxy) is 1. The van der Waals surface area contributed by atoms with Crippen molar-refractivity contribution in [2.75, 3.05) is 12.5 Å². The summed E-state index contributed by atoms with van der Waals surface area (Å²) in [5, 5.41) is 0. The SMILES string of the molecule is COC(=O)c1cccnc1-c1nc(NN)nc(=O)[nH]1. The van der Waals surface area contributed by atoms with Gasteiger partial charge in [-0.25, -0.2) is 15.4 Å². The van der Waals surface area contributed by atoms with Crippen molar-refractivity contribution in [3.63, 3.8) is 0 Å². The number of hydrogen-bond acceptors (Lipinski definition) is 8. The highest BCUT2D eigenvalue weighted by molar-refractivity contribution is 5.95. The summed E-state index contributed by atoms with van der Waals surface area (Å²) in [6.07, 6.45) is 1.46. The molecule has 0 spiro atoms. The van der Waals surface area contributed by atoms with E-state index in [-0.39, 0.29) is 23.0 Å². The molecule has 0 unspecified atom stereocenters. The summed E-state index contributed by atoms with van der Waals surface area (Å²) in [4.78, 5) is 36.7. The molecule has 0 amide bonds. The van der Waals surface area contributed by atoms with Crippen LogP contribution in [0.5, 0.6) is 0 Å². The minimum absolute atomic E-state index is 0.0638. The van der Waals surface area contributed by atoms with Crippen LogP contribution in [-0.2, 0) is 4.74 Å². The summed E-state index contributed by atoms with van der Waals surface area (Å²) in [6, 6.07) is 3.07. The van der Waals surface area contributed by atoms with E-state index in [9.17, 15) is 9.59 Å². The fourth-order valence-corrected chi connectivity index (χ4v) is 1.43. The topological polar surface area (TPSA) is 136 Å². The second kappa shape index (κ2) is 5.23. The number of rotatable bonds is 3. The van der Waals surface area contributed by atoms with Crippen LogP contribution in [0, 0.1) is 0 Å². The summed E-state index contributed by atoms with van der Waals surface area (Å²) in [5.41, 5.74) is 1.83. The molecule has 2 rings (SSSR count). The van der Waals surface area contributed by atoms with Crippen molar-refractivity contribution in [1.29, 1.82) is 0 Å². The Morgan fingerprint density at radius 1 is 1.47 bits per heavy atom. The van der Waals surface area contributed by atoms with E-state index in [0.29, 0.717) is 0 Å². The molecule has 0 aliphatic rings. The standard InChI is InChI=1S/C10H10N6O3/c1-19-8(17)5-3-2-4-12-6(5)7-13-9(16-11)15-10(18)14-7/h2-4H,11H2,1H3,(H2,13,14,15,16,18). The van der Waals surface area contributed by atoms with Gasteiger partial charge >= 0.3 is 11.7 Å². The highest BCUT2D eigenvalue weighted by Crippen LogP contribution is 2.17. The number of nitrogens with zero attached hydrogens (tertiary/aromatic N) is 3. The molecule has 2 heterocycles. The molecule has 0 saturated carbocycles. The Bertz CT molecular complexity index is 668. The van der Waals surface area contributed by atoms with Gasteiger partial charge in [0.05, 0.1) is 12.7 Å². The number of nitrogen functional groups attached to an aromatic ring is 1. The van der Waals surface area contributed by atoms with Crippen LogP contribution in [0.4, 0.5) is 5.95 Å². The Morgan fingerprint density at radius 2 is 2.26 bits per heavy atom. The van der Waals surface area contributed by atoms with Gasteiger partial charge in [-0.15, -0.1) is 0 Å². The number of nitrogens with two attached hydrogens (primary N) is 1. The van der Waals surface area contributed by atoms with Crippen LogP contribution in [0.2, 0.25) is 0 Å². The van der Waals surface area contributed by atoms with Gasteiger partial charge in [0.2, 0.25) is 5.95 Å². The van der Waals surface area contributed by atoms with Crippen molar-refractivity contribution < 1.29 is 9.53 Å². The van der Waals surface area contributed by atoms with Crippen molar-refractivity contribution in [3.05, 3.63) is 34.4 Å². The second-order valence-electron chi connectivity index (χ2n) is 3.36. The number of H-pyrrole nitrogens is 1. The number of methoxy groups -OCH3 is 1. The summed E-state index contributed by atoms with van der Waals surface area (Å²) in [7, 11) is 1.24. The highest BCUT2D eigenvalue weighted by Gasteiger charge is 2.16. The minimum atomic E-state index is -0.667. The Morgan fingerprint density at radius 3 is 2.95 bits per heavy atom. The molecular weight excluding hydrogens is 252 g/mol. The summed E-state index contributed by atoms with van der Waals surface area (Å²) in [5.74, 6) is 4.54. The third kappa shape index (κ3) is 2.55. The Hall–Kier alpha value is -2.81. The summed E-state index contributed by atoms with van der Waals surface area (Å²) >= 11 is 0. The normalized spacial score (nSPS) is 10.0. The molecule has 0 aliphatic carbocycles. The van der Waals surface area contributed by atoms with Crippen LogP contribution in [0.15, 0.2) is 23.1 Å². The lowest BCUT2D eigenvalue weighted by Crippen LogP contribution is -2.20. The number of hydrogen-bond donors (Lipinski definition) is 3. The van der Waals surface area contributed by atoms with Crippen molar-refractivity contribution in [2.45, 2.75) is 0 Å². The Kier molecular flexibility index (Phi) is 3.48. The van der Waals surface area contributed by atoms with E-state index in [1.165, 1.54) is 19.4 Å². The predicted molar refractivity (Wildman–Crippen MR) is 65.0 cm³/mol. The molecule has 2 aromatic heterocycles. The third-order valence-corrected chi connectivity index (χ3v) is 2.22. The van der Waals surface area contributed by atoms with Crippen LogP contribution >= 0.6 is 0 Å². The van der Waals surface area contributed by atoms with E-state index in [1.54, 1.807) is 6.07 Å². The highest BCUT2D eigenvalue weighted by atomic mass is 16.5. The van der Waals surface area contributed by atoms with Crippen LogP contribution in [0.1, 0.15) is 10.4 Å². The maximum Gasteiger partial charge on any atom is 0.349 e. The van der Waals surface area contributed by atoms with E-state index in [0.717, 1.165) is 0 Å². The molecule has 0 atom stereocenters. The van der Waals surface area contributed by atoms with Crippen molar-refractivity contribution in [3.8, 4) is 11.5 Å². The molecule has 19 heavy (non-hydrogen) atoms. The van der Waals surface area contributed by atoms with Gasteiger partial charge in [0.15, 0.2) is 5.82 Å². The number of nitrogens with one attached hydrogen (secondary N) is 2. The summed E-state index contributed by atoms with van der Waals surface area (Å²) in [6.45, 7) is 0. The van der Waals surface area contributed by atoms with Gasteiger partial charge < -0.3 is 4.74 Å². The number of pyridine rings is 1. The van der Waals surface area contributed by atoms with Gasteiger partial charge in [0.1, 0.15) is 5.69 Å². The zero-order valence-electron chi connectivity index (χ0n) is 9.88. The van der Waals surface area contributed by atoms with Crippen LogP contribution in [0.25, 0.3) is 11.5 Å². The van der Waals surface area contributed by atoms with E-state index in [2.05, 4.69) is 30.1 Å². The molecule has 9 heteroatoms. The molecule has 0 saturated heterocycles. The first-order chi connectivity index (χ1) is 9.15. The van der Waals surface area contributed by atoms with Crippen LogP contribution < -0.4 is 17.0 Å². The molecule has 0 fully saturated rings. The minimum Gasteiger partial charge on any atom is -0.465 e. The smallest absolute Gasteiger partial charge is 0.349 e. The van der Waals surface area contributed by atoms with Crippen LogP contribution in [-0.4, -0.2) is 33.0 Å². The van der Waals surface area contributed by atoms with E-state index >= 15 is 0 Å². The van der Waals surface area contributed by atoms with Gasteiger partial charge in [-0.05, 0) is 12.1 Å². The van der Waals surface area contributed by atoms with Crippen molar-refractivity contribution in [2.24, 2.45) is 5.84 Å². The zero-order chi connectivity index (χ0) is 13.8. The molecule has 4 N–H and O–H groups in total. The summed E-state index contributed by atoms with van der Waals surface area (Å²) < 4.78 is 4.63. The molecular formula is C10H10N6O3. The van der Waals surface area contributed by atoms with Gasteiger partial charge in [-0.2, -0.15) is 9.97 Å². The lowest BCUT2D eigenvalue weighted by molar-refractivity contribution is 0.0601. The van der Waals surface area contributed by atoms with Gasteiger partial charge in [-0.3, -0.25) is 15.4 Å². The first-order valence-corrected chi connectivity index (χ1v) is 5.14. The van der Waals surface area contributed by atoms with E-state index in [4.69, 9.17) is 5.84 Å². The molecule has 2 aromatic rings. The lowest BCUT2D eigenvalue weighted by atomic mass is 10.2. The number of carbonyl (C=O) groups excluding carboxylic acids is 1. The fourth-order valence-electron chi connectivity index (χ4n) is 1.43. The van der Waals surface area contributed by atoms with Crippen molar-refractivity contribution >= 4 is 11.9 Å². The third-order valence-electron chi connectivity index (χ3n) is 2.22. The van der Waals surface area contributed by atoms with E-state index in [1.807, 2.05) is 0 Å².